The van der Waals surface area contributed by atoms with Crippen LogP contribution in [0, 0.1) is 0 Å². The first-order valence-corrected chi connectivity index (χ1v) is 6.08. The molecule has 0 spiro atoms. The van der Waals surface area contributed by atoms with Crippen LogP contribution in [0.2, 0.25) is 0 Å². The van der Waals surface area contributed by atoms with Crippen molar-refractivity contribution < 1.29 is 19.5 Å². The Morgan fingerprint density at radius 1 is 1.42 bits per heavy atom. The minimum Gasteiger partial charge on any atom is -0.480 e. The minimum absolute atomic E-state index is 0.207. The molecule has 8 nitrogen and oxygen atoms in total. The summed E-state index contributed by atoms with van der Waals surface area (Å²) in [6, 6.07) is -1.55. The molecule has 4 N–H and O–H groups in total. The molecule has 108 valence electrons. The van der Waals surface area contributed by atoms with E-state index in [4.69, 9.17) is 10.8 Å². The highest BCUT2D eigenvalue weighted by molar-refractivity contribution is 5.87. The van der Waals surface area contributed by atoms with E-state index in [0.717, 1.165) is 6.54 Å². The number of carbonyl (C=O) groups excluding carboxylic acids is 2. The molecule has 1 aliphatic rings. The Kier molecular flexibility index (Phi) is 5.11. The van der Waals surface area contributed by atoms with E-state index in [-0.39, 0.29) is 6.04 Å². The third kappa shape index (κ3) is 4.40. The summed E-state index contributed by atoms with van der Waals surface area (Å²) in [7, 11) is 1.97. The maximum Gasteiger partial charge on any atom is 0.326 e. The molecule has 3 amide bonds. The molecule has 1 fully saturated rings. The van der Waals surface area contributed by atoms with E-state index in [1.807, 2.05) is 14.0 Å². The van der Waals surface area contributed by atoms with Crippen LogP contribution in [-0.4, -0.2) is 71.6 Å². The topological polar surface area (TPSA) is 116 Å². The number of piperazine rings is 1. The number of nitrogens with two attached hydrogens (primary N) is 1. The Morgan fingerprint density at radius 3 is 2.53 bits per heavy atom. The largest absolute Gasteiger partial charge is 0.480 e. The van der Waals surface area contributed by atoms with Gasteiger partial charge in [0.2, 0.25) is 5.91 Å². The Labute approximate surface area is 111 Å². The van der Waals surface area contributed by atoms with E-state index < -0.39 is 30.4 Å². The molecule has 0 radical (unpaired) electrons. The molecule has 1 rings (SSSR count). The van der Waals surface area contributed by atoms with Crippen LogP contribution in [0.25, 0.3) is 0 Å². The van der Waals surface area contributed by atoms with Gasteiger partial charge < -0.3 is 26.0 Å². The number of hydrogen-bond donors (Lipinski definition) is 3. The summed E-state index contributed by atoms with van der Waals surface area (Å²) < 4.78 is 0. The lowest BCUT2D eigenvalue weighted by atomic mass is 10.2. The van der Waals surface area contributed by atoms with Crippen LogP contribution in [0.4, 0.5) is 4.79 Å². The van der Waals surface area contributed by atoms with E-state index in [0.29, 0.717) is 13.1 Å². The molecule has 0 bridgehead atoms. The number of likely N-dealkylation sites (N-methyl/N-ethyl adjacent to an activating group) is 1. The van der Waals surface area contributed by atoms with Crippen LogP contribution in [0.15, 0.2) is 0 Å². The molecule has 0 aromatic carbocycles. The van der Waals surface area contributed by atoms with Gasteiger partial charge in [-0.2, -0.15) is 0 Å². The van der Waals surface area contributed by atoms with Gasteiger partial charge in [-0.1, -0.05) is 0 Å². The summed E-state index contributed by atoms with van der Waals surface area (Å²) in [5.74, 6) is -2.03. The molecule has 1 heterocycles. The Balaban J connectivity index is 2.57. The number of nitrogens with zero attached hydrogens (tertiary/aromatic N) is 2. The second kappa shape index (κ2) is 6.37. The zero-order valence-corrected chi connectivity index (χ0v) is 11.1. The van der Waals surface area contributed by atoms with Crippen LogP contribution < -0.4 is 11.1 Å². The monoisotopic (exact) mass is 272 g/mol. The molecule has 1 aliphatic heterocycles. The molecule has 8 heteroatoms. The van der Waals surface area contributed by atoms with E-state index >= 15 is 0 Å². The minimum atomic E-state index is -1.28. The summed E-state index contributed by atoms with van der Waals surface area (Å²) >= 11 is 0. The second-order valence-corrected chi connectivity index (χ2v) is 4.79. The molecule has 1 saturated heterocycles. The lowest BCUT2D eigenvalue weighted by Gasteiger charge is -2.37. The van der Waals surface area contributed by atoms with Crippen molar-refractivity contribution in [3.05, 3.63) is 0 Å². The molecular formula is C11H20N4O4. The Bertz CT molecular complexity index is 374. The summed E-state index contributed by atoms with van der Waals surface area (Å²) in [6.07, 6.45) is -0.412. The molecule has 0 aromatic heterocycles. The van der Waals surface area contributed by atoms with Crippen molar-refractivity contribution in [3.63, 3.8) is 0 Å². The van der Waals surface area contributed by atoms with Gasteiger partial charge in [-0.3, -0.25) is 4.79 Å². The van der Waals surface area contributed by atoms with Crippen LogP contribution in [0.3, 0.4) is 0 Å². The fraction of sp³-hybridized carbons (Fsp3) is 0.727. The summed E-state index contributed by atoms with van der Waals surface area (Å²) in [6.45, 7) is 3.75. The number of rotatable bonds is 4. The smallest absolute Gasteiger partial charge is 0.326 e. The van der Waals surface area contributed by atoms with E-state index in [1.54, 1.807) is 4.90 Å². The highest BCUT2D eigenvalue weighted by Gasteiger charge is 2.28. The fourth-order valence-electron chi connectivity index (χ4n) is 1.87. The average molecular weight is 272 g/mol. The van der Waals surface area contributed by atoms with Crippen LogP contribution >= 0.6 is 0 Å². The highest BCUT2D eigenvalue weighted by atomic mass is 16.4. The molecule has 1 unspecified atom stereocenters. The third-order valence-electron chi connectivity index (χ3n) is 3.25. The second-order valence-electron chi connectivity index (χ2n) is 4.79. The van der Waals surface area contributed by atoms with Crippen molar-refractivity contribution in [2.45, 2.75) is 25.4 Å². The lowest BCUT2D eigenvalue weighted by molar-refractivity contribution is -0.141. The number of carboxylic acid groups (broad SMARTS) is 1. The van der Waals surface area contributed by atoms with Crippen molar-refractivity contribution in [3.8, 4) is 0 Å². The molecule has 0 saturated carbocycles. The Hall–Kier alpha value is -1.83. The number of amides is 3. The van der Waals surface area contributed by atoms with Crippen LogP contribution in [-0.2, 0) is 9.59 Å². The standard InChI is InChI=1S/C11H20N4O4/c1-7-6-15(4-3-14(7)2)11(19)13-8(10(17)18)5-9(12)16/h7-8H,3-6H2,1-2H3,(H2,12,16)(H,13,19)(H,17,18)/t7?,8-/m0/s1. The number of carboxylic acids is 1. The maximum atomic E-state index is 11.9. The van der Waals surface area contributed by atoms with Gasteiger partial charge >= 0.3 is 12.0 Å². The molecule has 2 atom stereocenters. The maximum absolute atomic E-state index is 11.9. The van der Waals surface area contributed by atoms with Crippen molar-refractivity contribution in [1.29, 1.82) is 0 Å². The first kappa shape index (κ1) is 15.2. The summed E-state index contributed by atoms with van der Waals surface area (Å²) in [4.78, 5) is 37.3. The average Bonchev–Trinajstić information content (AvgIpc) is 2.31. The number of primary amides is 1. The van der Waals surface area contributed by atoms with Gasteiger partial charge in [0.1, 0.15) is 6.04 Å². The van der Waals surface area contributed by atoms with E-state index in [9.17, 15) is 14.4 Å². The molecule has 0 aliphatic carbocycles. The van der Waals surface area contributed by atoms with Crippen molar-refractivity contribution in [2.75, 3.05) is 26.7 Å². The van der Waals surface area contributed by atoms with Crippen molar-refractivity contribution >= 4 is 17.9 Å². The lowest BCUT2D eigenvalue weighted by Crippen LogP contribution is -2.57. The zero-order valence-electron chi connectivity index (χ0n) is 11.1. The van der Waals surface area contributed by atoms with E-state index in [1.165, 1.54) is 0 Å². The van der Waals surface area contributed by atoms with Gasteiger partial charge in [0.05, 0.1) is 6.42 Å². The van der Waals surface area contributed by atoms with Gasteiger partial charge in [-0.05, 0) is 14.0 Å². The third-order valence-corrected chi connectivity index (χ3v) is 3.25. The summed E-state index contributed by atoms with van der Waals surface area (Å²) in [5, 5.41) is 11.2. The van der Waals surface area contributed by atoms with Crippen molar-refractivity contribution in [1.82, 2.24) is 15.1 Å². The fourth-order valence-corrected chi connectivity index (χ4v) is 1.87. The van der Waals surface area contributed by atoms with Gasteiger partial charge in [-0.25, -0.2) is 9.59 Å². The van der Waals surface area contributed by atoms with E-state index in [2.05, 4.69) is 10.2 Å². The van der Waals surface area contributed by atoms with Crippen molar-refractivity contribution in [2.24, 2.45) is 5.73 Å². The first-order chi connectivity index (χ1) is 8.81. The van der Waals surface area contributed by atoms with Gasteiger partial charge in [-0.15, -0.1) is 0 Å². The zero-order chi connectivity index (χ0) is 14.6. The van der Waals surface area contributed by atoms with Crippen LogP contribution in [0.1, 0.15) is 13.3 Å². The predicted octanol–water partition coefficient (Wildman–Crippen LogP) is -1.34. The number of nitrogens with one attached hydrogen (secondary N) is 1. The SMILES string of the molecule is CC1CN(C(=O)N[C@@H](CC(N)=O)C(=O)O)CCN1C. The number of carbonyl (C=O) groups is 3. The van der Waals surface area contributed by atoms with Gasteiger partial charge in [0.25, 0.3) is 0 Å². The number of hydrogen-bond acceptors (Lipinski definition) is 4. The highest BCUT2D eigenvalue weighted by Crippen LogP contribution is 2.07. The Morgan fingerprint density at radius 2 is 2.05 bits per heavy atom. The summed E-state index contributed by atoms with van der Waals surface area (Å²) in [5.41, 5.74) is 4.95. The van der Waals surface area contributed by atoms with Gasteiger partial charge in [0, 0.05) is 25.7 Å². The van der Waals surface area contributed by atoms with Gasteiger partial charge in [0.15, 0.2) is 0 Å². The predicted molar refractivity (Wildman–Crippen MR) is 67.4 cm³/mol. The number of aliphatic carboxylic acids is 1. The normalized spacial score (nSPS) is 21.8. The first-order valence-electron chi connectivity index (χ1n) is 6.08. The number of urea groups is 1. The quantitative estimate of drug-likeness (QED) is 0.586. The molecule has 0 aromatic rings. The molecule has 19 heavy (non-hydrogen) atoms. The van der Waals surface area contributed by atoms with Crippen LogP contribution in [0.5, 0.6) is 0 Å². The molecular weight excluding hydrogens is 252 g/mol.